The highest BCUT2D eigenvalue weighted by Crippen LogP contribution is 2.23. The molecule has 0 spiro atoms. The van der Waals surface area contributed by atoms with E-state index in [0.29, 0.717) is 17.7 Å². The predicted octanol–water partition coefficient (Wildman–Crippen LogP) is 5.19. The van der Waals surface area contributed by atoms with E-state index in [-0.39, 0.29) is 11.8 Å². The van der Waals surface area contributed by atoms with Crippen LogP contribution >= 0.6 is 0 Å². The van der Waals surface area contributed by atoms with Crippen LogP contribution in [0, 0.1) is 0 Å². The van der Waals surface area contributed by atoms with E-state index in [1.165, 1.54) is 0 Å². The van der Waals surface area contributed by atoms with Gasteiger partial charge in [0.05, 0.1) is 0 Å². The van der Waals surface area contributed by atoms with Crippen molar-refractivity contribution in [3.05, 3.63) is 59.2 Å². The molecule has 0 atom stereocenters. The molecule has 4 heteroatoms. The summed E-state index contributed by atoms with van der Waals surface area (Å²) >= 11 is 0. The second kappa shape index (κ2) is 9.76. The van der Waals surface area contributed by atoms with Gasteiger partial charge in [0.2, 0.25) is 5.91 Å². The zero-order chi connectivity index (χ0) is 18.9. The molecule has 0 aromatic heterocycles. The molecular formula is C22H28N2O2. The molecule has 26 heavy (non-hydrogen) atoms. The highest BCUT2D eigenvalue weighted by molar-refractivity contribution is 6.05. The number of hydrogen-bond donors (Lipinski definition) is 2. The SMILES string of the molecule is CCCCC(=O)Nc1ccc(C(=O)Nc2c(CC)cccc2CC)cc1. The Balaban J connectivity index is 2.08. The molecule has 0 aliphatic heterocycles. The average Bonchev–Trinajstić information content (AvgIpc) is 2.67. The number of carbonyl (C=O) groups is 2. The molecule has 2 rings (SSSR count). The van der Waals surface area contributed by atoms with E-state index in [0.717, 1.165) is 42.5 Å². The van der Waals surface area contributed by atoms with E-state index in [4.69, 9.17) is 0 Å². The lowest BCUT2D eigenvalue weighted by molar-refractivity contribution is -0.116. The summed E-state index contributed by atoms with van der Waals surface area (Å²) < 4.78 is 0. The lowest BCUT2D eigenvalue weighted by Crippen LogP contribution is -2.15. The van der Waals surface area contributed by atoms with Gasteiger partial charge in [-0.1, -0.05) is 45.4 Å². The minimum atomic E-state index is -0.135. The Bertz CT molecular complexity index is 729. The molecule has 0 saturated carbocycles. The molecule has 0 heterocycles. The summed E-state index contributed by atoms with van der Waals surface area (Å²) in [7, 11) is 0. The van der Waals surface area contributed by atoms with Crippen LogP contribution in [0.3, 0.4) is 0 Å². The van der Waals surface area contributed by atoms with Crippen molar-refractivity contribution >= 4 is 23.2 Å². The normalized spacial score (nSPS) is 10.4. The van der Waals surface area contributed by atoms with Gasteiger partial charge in [-0.3, -0.25) is 9.59 Å². The molecule has 2 aromatic rings. The number of benzene rings is 2. The molecular weight excluding hydrogens is 324 g/mol. The topological polar surface area (TPSA) is 58.2 Å². The van der Waals surface area contributed by atoms with Gasteiger partial charge in [0.15, 0.2) is 0 Å². The summed E-state index contributed by atoms with van der Waals surface area (Å²) in [4.78, 5) is 24.4. The van der Waals surface area contributed by atoms with E-state index in [2.05, 4.69) is 31.4 Å². The van der Waals surface area contributed by atoms with Gasteiger partial charge in [0.1, 0.15) is 0 Å². The van der Waals surface area contributed by atoms with Crippen molar-refractivity contribution in [2.24, 2.45) is 0 Å². The summed E-state index contributed by atoms with van der Waals surface area (Å²) in [6, 6.07) is 13.1. The molecule has 0 aliphatic rings. The van der Waals surface area contributed by atoms with E-state index in [1.807, 2.05) is 18.2 Å². The molecule has 138 valence electrons. The maximum atomic E-state index is 12.6. The molecule has 0 radical (unpaired) electrons. The summed E-state index contributed by atoms with van der Waals surface area (Å²) in [5.74, 6) is -0.127. The second-order valence-corrected chi connectivity index (χ2v) is 6.34. The maximum Gasteiger partial charge on any atom is 0.255 e. The van der Waals surface area contributed by atoms with Crippen LogP contribution < -0.4 is 10.6 Å². The van der Waals surface area contributed by atoms with Crippen LogP contribution in [0.25, 0.3) is 0 Å². The number of anilines is 2. The first-order valence-corrected chi connectivity index (χ1v) is 9.41. The van der Waals surface area contributed by atoms with Gasteiger partial charge in [0.25, 0.3) is 5.91 Å². The maximum absolute atomic E-state index is 12.6. The number of hydrogen-bond acceptors (Lipinski definition) is 2. The Kier molecular flexibility index (Phi) is 7.39. The van der Waals surface area contributed by atoms with Crippen LogP contribution in [-0.2, 0) is 17.6 Å². The molecule has 4 nitrogen and oxygen atoms in total. The number of nitrogens with one attached hydrogen (secondary N) is 2. The Hall–Kier alpha value is -2.62. The predicted molar refractivity (Wildman–Crippen MR) is 108 cm³/mol. The molecule has 0 aliphatic carbocycles. The molecule has 2 aromatic carbocycles. The van der Waals surface area contributed by atoms with Crippen molar-refractivity contribution < 1.29 is 9.59 Å². The molecule has 0 unspecified atom stereocenters. The monoisotopic (exact) mass is 352 g/mol. The quantitative estimate of drug-likeness (QED) is 0.686. The molecule has 2 N–H and O–H groups in total. The van der Waals surface area contributed by atoms with Crippen LogP contribution in [0.4, 0.5) is 11.4 Å². The summed E-state index contributed by atoms with van der Waals surface area (Å²) in [6.07, 6.45) is 4.12. The molecule has 0 fully saturated rings. The average molecular weight is 352 g/mol. The molecule has 2 amide bonds. The largest absolute Gasteiger partial charge is 0.326 e. The van der Waals surface area contributed by atoms with Crippen molar-refractivity contribution in [2.75, 3.05) is 10.6 Å². The number of aryl methyl sites for hydroxylation is 2. The van der Waals surface area contributed by atoms with Crippen LogP contribution in [0.5, 0.6) is 0 Å². The van der Waals surface area contributed by atoms with Crippen molar-refractivity contribution in [1.82, 2.24) is 0 Å². The third-order valence-corrected chi connectivity index (χ3v) is 4.43. The van der Waals surface area contributed by atoms with Crippen molar-refractivity contribution in [3.63, 3.8) is 0 Å². The summed E-state index contributed by atoms with van der Waals surface area (Å²) in [5.41, 5.74) is 4.48. The smallest absolute Gasteiger partial charge is 0.255 e. The third kappa shape index (κ3) is 5.19. The standard InChI is InChI=1S/C22H28N2O2/c1-4-7-11-20(25)23-19-14-12-18(13-15-19)22(26)24-21-16(5-2)9-8-10-17(21)6-3/h8-10,12-15H,4-7,11H2,1-3H3,(H,23,25)(H,24,26). The number of rotatable bonds is 8. The first-order valence-electron chi connectivity index (χ1n) is 9.41. The minimum Gasteiger partial charge on any atom is -0.326 e. The Labute approximate surface area is 156 Å². The Morgan fingerprint density at radius 2 is 1.46 bits per heavy atom. The van der Waals surface area contributed by atoms with Gasteiger partial charge >= 0.3 is 0 Å². The lowest BCUT2D eigenvalue weighted by Gasteiger charge is -2.14. The fourth-order valence-electron chi connectivity index (χ4n) is 2.85. The van der Waals surface area contributed by atoms with Gasteiger partial charge < -0.3 is 10.6 Å². The van der Waals surface area contributed by atoms with Crippen molar-refractivity contribution in [3.8, 4) is 0 Å². The minimum absolute atomic E-state index is 0.00788. The third-order valence-electron chi connectivity index (χ3n) is 4.43. The second-order valence-electron chi connectivity index (χ2n) is 6.34. The fourth-order valence-corrected chi connectivity index (χ4v) is 2.85. The van der Waals surface area contributed by atoms with Crippen LogP contribution in [0.1, 0.15) is 61.5 Å². The van der Waals surface area contributed by atoms with Crippen LogP contribution in [0.2, 0.25) is 0 Å². The van der Waals surface area contributed by atoms with E-state index >= 15 is 0 Å². The van der Waals surface area contributed by atoms with Gasteiger partial charge in [-0.25, -0.2) is 0 Å². The summed E-state index contributed by atoms with van der Waals surface area (Å²) in [5, 5.41) is 5.92. The van der Waals surface area contributed by atoms with Gasteiger partial charge in [-0.2, -0.15) is 0 Å². The van der Waals surface area contributed by atoms with Gasteiger partial charge in [0, 0.05) is 23.4 Å². The van der Waals surface area contributed by atoms with Gasteiger partial charge in [-0.05, 0) is 54.7 Å². The van der Waals surface area contributed by atoms with Crippen molar-refractivity contribution in [1.29, 1.82) is 0 Å². The number of unbranched alkanes of at least 4 members (excludes halogenated alkanes) is 1. The van der Waals surface area contributed by atoms with Gasteiger partial charge in [-0.15, -0.1) is 0 Å². The van der Waals surface area contributed by atoms with E-state index in [9.17, 15) is 9.59 Å². The summed E-state index contributed by atoms with van der Waals surface area (Å²) in [6.45, 7) is 6.22. The first kappa shape index (κ1) is 19.7. The number of para-hydroxylation sites is 1. The fraction of sp³-hybridized carbons (Fsp3) is 0.364. The zero-order valence-electron chi connectivity index (χ0n) is 15.9. The number of carbonyl (C=O) groups excluding carboxylic acids is 2. The first-order chi connectivity index (χ1) is 12.6. The Morgan fingerprint density at radius 3 is 2.00 bits per heavy atom. The van der Waals surface area contributed by atoms with Crippen molar-refractivity contribution in [2.45, 2.75) is 52.9 Å². The van der Waals surface area contributed by atoms with E-state index in [1.54, 1.807) is 24.3 Å². The van der Waals surface area contributed by atoms with E-state index < -0.39 is 0 Å². The van der Waals surface area contributed by atoms with Crippen LogP contribution in [0.15, 0.2) is 42.5 Å². The number of amides is 2. The Morgan fingerprint density at radius 1 is 0.846 bits per heavy atom. The highest BCUT2D eigenvalue weighted by Gasteiger charge is 2.12. The highest BCUT2D eigenvalue weighted by atomic mass is 16.2. The molecule has 0 saturated heterocycles. The lowest BCUT2D eigenvalue weighted by atomic mass is 10.0. The zero-order valence-corrected chi connectivity index (χ0v) is 15.9. The molecule has 0 bridgehead atoms. The van der Waals surface area contributed by atoms with Crippen LogP contribution in [-0.4, -0.2) is 11.8 Å².